The van der Waals surface area contributed by atoms with Gasteiger partial charge in [0.05, 0.1) is 13.2 Å². The molecule has 0 aliphatic rings. The number of nitrogens with one attached hydrogen (secondary N) is 2. The molecule has 2 amide bonds. The molecule has 23 heavy (non-hydrogen) atoms. The van der Waals surface area contributed by atoms with Crippen molar-refractivity contribution in [2.45, 2.75) is 45.4 Å². The maximum Gasteiger partial charge on any atom is 0.407 e. The van der Waals surface area contributed by atoms with Crippen LogP contribution in [0, 0.1) is 0 Å². The van der Waals surface area contributed by atoms with E-state index in [0.29, 0.717) is 11.4 Å². The normalized spacial score (nSPS) is 13.6. The molecule has 7 heteroatoms. The molecule has 2 atom stereocenters. The molecule has 0 bridgehead atoms. The van der Waals surface area contributed by atoms with Gasteiger partial charge >= 0.3 is 6.09 Å². The number of rotatable bonds is 6. The third kappa shape index (κ3) is 6.46. The van der Waals surface area contributed by atoms with Crippen LogP contribution in [0.25, 0.3) is 0 Å². The Hall–Kier alpha value is -2.44. The number of carbonyl (C=O) groups excluding carboxylic acids is 2. The predicted octanol–water partition coefficient (Wildman–Crippen LogP) is 1.87. The first kappa shape index (κ1) is 18.6. The lowest BCUT2D eigenvalue weighted by atomic mass is 10.1. The van der Waals surface area contributed by atoms with Crippen molar-refractivity contribution < 1.29 is 19.1 Å². The highest BCUT2D eigenvalue weighted by molar-refractivity contribution is 5.84. The summed E-state index contributed by atoms with van der Waals surface area (Å²) in [5, 5.41) is 5.61. The van der Waals surface area contributed by atoms with Crippen LogP contribution in [0.3, 0.4) is 0 Å². The highest BCUT2D eigenvalue weighted by atomic mass is 16.6. The number of benzene rings is 1. The van der Waals surface area contributed by atoms with Crippen LogP contribution in [-0.2, 0) is 9.53 Å². The van der Waals surface area contributed by atoms with Crippen LogP contribution in [0.15, 0.2) is 24.3 Å². The quantitative estimate of drug-likeness (QED) is 0.741. The second kappa shape index (κ2) is 7.71. The van der Waals surface area contributed by atoms with Crippen molar-refractivity contribution in [3.05, 3.63) is 24.3 Å². The minimum Gasteiger partial charge on any atom is -0.497 e. The summed E-state index contributed by atoms with van der Waals surface area (Å²) in [6.45, 7) is 6.96. The number of nitrogens with two attached hydrogens (primary N) is 1. The Morgan fingerprint density at radius 3 is 2.17 bits per heavy atom. The van der Waals surface area contributed by atoms with Crippen molar-refractivity contribution in [1.29, 1.82) is 0 Å². The van der Waals surface area contributed by atoms with E-state index in [9.17, 15) is 9.59 Å². The van der Waals surface area contributed by atoms with E-state index in [2.05, 4.69) is 10.6 Å². The molecule has 0 saturated carbocycles. The number of hydrogen-bond donors (Lipinski definition) is 3. The van der Waals surface area contributed by atoms with E-state index in [0.717, 1.165) is 0 Å². The summed E-state index contributed by atoms with van der Waals surface area (Å²) in [7, 11) is 1.57. The number of alkyl carbamates (subject to hydrolysis) is 1. The molecule has 1 aromatic carbocycles. The van der Waals surface area contributed by atoms with Crippen LogP contribution in [0.4, 0.5) is 10.5 Å². The molecule has 0 aromatic heterocycles. The van der Waals surface area contributed by atoms with Gasteiger partial charge in [-0.25, -0.2) is 4.79 Å². The molecule has 1 rings (SSSR count). The molecule has 0 fully saturated rings. The van der Waals surface area contributed by atoms with Gasteiger partial charge in [0.2, 0.25) is 5.91 Å². The van der Waals surface area contributed by atoms with Crippen LogP contribution >= 0.6 is 0 Å². The summed E-state index contributed by atoms with van der Waals surface area (Å²) in [6.07, 6.45) is -0.604. The summed E-state index contributed by atoms with van der Waals surface area (Å²) in [4.78, 5) is 23.5. The first-order chi connectivity index (χ1) is 10.6. The van der Waals surface area contributed by atoms with E-state index in [-0.39, 0.29) is 0 Å². The number of primary amides is 1. The highest BCUT2D eigenvalue weighted by Crippen LogP contribution is 2.16. The van der Waals surface area contributed by atoms with Crippen molar-refractivity contribution in [3.8, 4) is 5.75 Å². The van der Waals surface area contributed by atoms with Gasteiger partial charge in [0, 0.05) is 5.69 Å². The fourth-order valence-corrected chi connectivity index (χ4v) is 1.89. The molecule has 0 spiro atoms. The number of methoxy groups -OCH3 is 1. The molecule has 0 aliphatic heterocycles. The maximum absolute atomic E-state index is 11.8. The van der Waals surface area contributed by atoms with Gasteiger partial charge in [-0.05, 0) is 52.0 Å². The Morgan fingerprint density at radius 2 is 1.74 bits per heavy atom. The monoisotopic (exact) mass is 323 g/mol. The van der Waals surface area contributed by atoms with Crippen molar-refractivity contribution in [2.24, 2.45) is 5.73 Å². The van der Waals surface area contributed by atoms with Gasteiger partial charge < -0.3 is 25.8 Å². The zero-order valence-corrected chi connectivity index (χ0v) is 14.2. The lowest BCUT2D eigenvalue weighted by Gasteiger charge is -2.26. The first-order valence-corrected chi connectivity index (χ1v) is 7.32. The van der Waals surface area contributed by atoms with Gasteiger partial charge in [-0.15, -0.1) is 0 Å². The number of anilines is 1. The lowest BCUT2D eigenvalue weighted by molar-refractivity contribution is -0.119. The van der Waals surface area contributed by atoms with Crippen molar-refractivity contribution >= 4 is 17.7 Å². The lowest BCUT2D eigenvalue weighted by Crippen LogP contribution is -2.52. The minimum atomic E-state index is -0.782. The number of amides is 2. The van der Waals surface area contributed by atoms with E-state index >= 15 is 0 Å². The largest absolute Gasteiger partial charge is 0.497 e. The number of ether oxygens (including phenoxy) is 2. The fraction of sp³-hybridized carbons (Fsp3) is 0.500. The Bertz CT molecular complexity index is 537. The van der Waals surface area contributed by atoms with Crippen molar-refractivity contribution in [1.82, 2.24) is 5.32 Å². The van der Waals surface area contributed by atoms with Gasteiger partial charge in [-0.2, -0.15) is 0 Å². The Kier molecular flexibility index (Phi) is 6.24. The third-order valence-electron chi connectivity index (χ3n) is 2.96. The average molecular weight is 323 g/mol. The molecule has 0 aliphatic carbocycles. The highest BCUT2D eigenvalue weighted by Gasteiger charge is 2.26. The van der Waals surface area contributed by atoms with Crippen LogP contribution in [-0.4, -0.2) is 36.8 Å². The SMILES string of the molecule is COc1ccc(NC(C(N)=O)C(C)NC(=O)OC(C)(C)C)cc1. The standard InChI is InChI=1S/C16H25N3O4/c1-10(18-15(21)23-16(2,3)4)13(14(17)20)19-11-6-8-12(22-5)9-7-11/h6-10,13,19H,1-5H3,(H2,17,20)(H,18,21). The summed E-state index contributed by atoms with van der Waals surface area (Å²) >= 11 is 0. The van der Waals surface area contributed by atoms with E-state index in [1.807, 2.05) is 0 Å². The Labute approximate surface area is 136 Å². The molecule has 1 aromatic rings. The minimum absolute atomic E-state index is 0.551. The summed E-state index contributed by atoms with van der Waals surface area (Å²) in [6, 6.07) is 5.70. The second-order valence-corrected chi connectivity index (χ2v) is 6.19. The van der Waals surface area contributed by atoms with Gasteiger partial charge in [-0.1, -0.05) is 0 Å². The van der Waals surface area contributed by atoms with Crippen LogP contribution in [0.5, 0.6) is 5.75 Å². The first-order valence-electron chi connectivity index (χ1n) is 7.32. The zero-order valence-electron chi connectivity index (χ0n) is 14.2. The smallest absolute Gasteiger partial charge is 0.407 e. The third-order valence-corrected chi connectivity index (χ3v) is 2.96. The van der Waals surface area contributed by atoms with E-state index in [1.165, 1.54) is 0 Å². The predicted molar refractivity (Wildman–Crippen MR) is 88.4 cm³/mol. The summed E-state index contributed by atoms with van der Waals surface area (Å²) in [5.41, 5.74) is 5.50. The molecule has 128 valence electrons. The van der Waals surface area contributed by atoms with E-state index < -0.39 is 29.7 Å². The second-order valence-electron chi connectivity index (χ2n) is 6.19. The van der Waals surface area contributed by atoms with Gasteiger partial charge in [0.25, 0.3) is 0 Å². The molecular formula is C16H25N3O4. The molecule has 7 nitrogen and oxygen atoms in total. The Balaban J connectivity index is 2.73. The van der Waals surface area contributed by atoms with Crippen molar-refractivity contribution in [3.63, 3.8) is 0 Å². The topological polar surface area (TPSA) is 103 Å². The average Bonchev–Trinajstić information content (AvgIpc) is 2.42. The molecule has 4 N–H and O–H groups in total. The molecule has 0 saturated heterocycles. The van der Waals surface area contributed by atoms with E-state index in [1.54, 1.807) is 59.1 Å². The van der Waals surface area contributed by atoms with Crippen LogP contribution < -0.4 is 21.1 Å². The van der Waals surface area contributed by atoms with Crippen molar-refractivity contribution in [2.75, 3.05) is 12.4 Å². The Morgan fingerprint density at radius 1 is 1.17 bits per heavy atom. The molecule has 0 radical (unpaired) electrons. The fourth-order valence-electron chi connectivity index (χ4n) is 1.89. The van der Waals surface area contributed by atoms with Crippen LogP contribution in [0.1, 0.15) is 27.7 Å². The zero-order chi connectivity index (χ0) is 17.6. The van der Waals surface area contributed by atoms with Gasteiger partial charge in [0.1, 0.15) is 17.4 Å². The summed E-state index contributed by atoms with van der Waals surface area (Å²) in [5.74, 6) is 0.121. The van der Waals surface area contributed by atoms with Crippen LogP contribution in [0.2, 0.25) is 0 Å². The van der Waals surface area contributed by atoms with Gasteiger partial charge in [0.15, 0.2) is 0 Å². The molecule has 0 heterocycles. The number of hydrogen-bond acceptors (Lipinski definition) is 5. The molecular weight excluding hydrogens is 298 g/mol. The summed E-state index contributed by atoms with van der Waals surface area (Å²) < 4.78 is 10.2. The number of carbonyl (C=O) groups is 2. The maximum atomic E-state index is 11.8. The molecule has 2 unspecified atom stereocenters. The van der Waals surface area contributed by atoms with E-state index in [4.69, 9.17) is 15.2 Å². The van der Waals surface area contributed by atoms with Gasteiger partial charge in [-0.3, -0.25) is 4.79 Å².